The number of benzene rings is 1. The Kier molecular flexibility index (Phi) is 4.39. The standard InChI is InChI=1S/C15H24N2O2S/c1-10-4-6-14(12(3)8-10)17-20(18,19)15-7-5-11(2)9-13(15)16/h5,7,9-10,12,14,17H,4,6,8,16H2,1-3H3. The minimum absolute atomic E-state index is 0.0110. The number of hydrogen-bond acceptors (Lipinski definition) is 3. The summed E-state index contributed by atoms with van der Waals surface area (Å²) in [6, 6.07) is 5.07. The van der Waals surface area contributed by atoms with Crippen molar-refractivity contribution >= 4 is 15.7 Å². The fourth-order valence-corrected chi connectivity index (χ4v) is 4.51. The van der Waals surface area contributed by atoms with Crippen molar-refractivity contribution in [2.75, 3.05) is 5.73 Å². The van der Waals surface area contributed by atoms with Gasteiger partial charge in [-0.25, -0.2) is 13.1 Å². The molecule has 1 aromatic rings. The Bertz CT molecular complexity index is 584. The normalized spacial score (nSPS) is 27.4. The lowest BCUT2D eigenvalue weighted by Crippen LogP contribution is -2.42. The molecule has 20 heavy (non-hydrogen) atoms. The Hall–Kier alpha value is -1.07. The SMILES string of the molecule is Cc1ccc(S(=O)(=O)NC2CCC(C)CC2C)c(N)c1. The molecular weight excluding hydrogens is 272 g/mol. The van der Waals surface area contributed by atoms with Crippen LogP contribution in [0.3, 0.4) is 0 Å². The number of sulfonamides is 1. The number of rotatable bonds is 3. The number of nitrogens with two attached hydrogens (primary N) is 1. The average molecular weight is 296 g/mol. The molecule has 1 aliphatic rings. The molecule has 0 heterocycles. The molecule has 0 saturated heterocycles. The number of aryl methyl sites for hydroxylation is 1. The highest BCUT2D eigenvalue weighted by Gasteiger charge is 2.30. The Labute approximate surface area is 121 Å². The highest BCUT2D eigenvalue weighted by Crippen LogP contribution is 2.30. The minimum atomic E-state index is -3.53. The second kappa shape index (κ2) is 5.74. The van der Waals surface area contributed by atoms with Gasteiger partial charge in [-0.1, -0.05) is 19.9 Å². The summed E-state index contributed by atoms with van der Waals surface area (Å²) in [5.74, 6) is 1.04. The van der Waals surface area contributed by atoms with E-state index in [1.54, 1.807) is 18.2 Å². The van der Waals surface area contributed by atoms with E-state index in [1.165, 1.54) is 0 Å². The van der Waals surface area contributed by atoms with E-state index in [-0.39, 0.29) is 10.9 Å². The topological polar surface area (TPSA) is 72.2 Å². The van der Waals surface area contributed by atoms with E-state index in [0.29, 0.717) is 17.5 Å². The zero-order valence-electron chi connectivity index (χ0n) is 12.4. The molecule has 3 atom stereocenters. The van der Waals surface area contributed by atoms with Crippen molar-refractivity contribution in [2.24, 2.45) is 11.8 Å². The summed E-state index contributed by atoms with van der Waals surface area (Å²) in [7, 11) is -3.53. The number of anilines is 1. The van der Waals surface area contributed by atoms with Crippen molar-refractivity contribution in [1.82, 2.24) is 4.72 Å². The zero-order valence-corrected chi connectivity index (χ0v) is 13.2. The molecule has 2 rings (SSSR count). The van der Waals surface area contributed by atoms with Crippen LogP contribution in [0.5, 0.6) is 0 Å². The van der Waals surface area contributed by atoms with Gasteiger partial charge in [-0.05, 0) is 55.7 Å². The molecule has 0 amide bonds. The Morgan fingerprint density at radius 2 is 1.95 bits per heavy atom. The summed E-state index contributed by atoms with van der Waals surface area (Å²) in [6.07, 6.45) is 3.03. The molecular formula is C15H24N2O2S. The first-order chi connectivity index (χ1) is 9.29. The Morgan fingerprint density at radius 1 is 1.25 bits per heavy atom. The third-order valence-electron chi connectivity index (χ3n) is 4.19. The third kappa shape index (κ3) is 3.33. The third-order valence-corrected chi connectivity index (χ3v) is 5.76. The van der Waals surface area contributed by atoms with Crippen LogP contribution in [0, 0.1) is 18.8 Å². The molecule has 0 spiro atoms. The summed E-state index contributed by atoms with van der Waals surface area (Å²) < 4.78 is 27.8. The molecule has 1 fully saturated rings. The van der Waals surface area contributed by atoms with E-state index in [2.05, 4.69) is 18.6 Å². The van der Waals surface area contributed by atoms with E-state index in [9.17, 15) is 8.42 Å². The smallest absolute Gasteiger partial charge is 0.242 e. The van der Waals surface area contributed by atoms with Gasteiger partial charge < -0.3 is 5.73 Å². The second-order valence-corrected chi connectivity index (χ2v) is 7.85. The van der Waals surface area contributed by atoms with Crippen LogP contribution in [0.25, 0.3) is 0 Å². The predicted octanol–water partition coefficient (Wildman–Crippen LogP) is 2.68. The molecule has 3 unspecified atom stereocenters. The van der Waals surface area contributed by atoms with Crippen molar-refractivity contribution in [2.45, 2.75) is 51.0 Å². The van der Waals surface area contributed by atoms with E-state index >= 15 is 0 Å². The Balaban J connectivity index is 2.19. The highest BCUT2D eigenvalue weighted by atomic mass is 32.2. The Morgan fingerprint density at radius 3 is 2.55 bits per heavy atom. The number of nitrogen functional groups attached to an aromatic ring is 1. The molecule has 0 radical (unpaired) electrons. The minimum Gasteiger partial charge on any atom is -0.398 e. The van der Waals surface area contributed by atoms with E-state index in [1.807, 2.05) is 6.92 Å². The molecule has 0 aliphatic heterocycles. The predicted molar refractivity (Wildman–Crippen MR) is 81.9 cm³/mol. The van der Waals surface area contributed by atoms with E-state index < -0.39 is 10.0 Å². The van der Waals surface area contributed by atoms with E-state index in [0.717, 1.165) is 24.8 Å². The van der Waals surface area contributed by atoms with Crippen LogP contribution >= 0.6 is 0 Å². The first-order valence-corrected chi connectivity index (χ1v) is 8.66. The monoisotopic (exact) mass is 296 g/mol. The van der Waals surface area contributed by atoms with Crippen LogP contribution in [-0.2, 0) is 10.0 Å². The molecule has 4 nitrogen and oxygen atoms in total. The van der Waals surface area contributed by atoms with Crippen molar-refractivity contribution in [3.63, 3.8) is 0 Å². The molecule has 5 heteroatoms. The van der Waals surface area contributed by atoms with Gasteiger partial charge in [-0.2, -0.15) is 0 Å². The summed E-state index contributed by atoms with van der Waals surface area (Å²) in [6.45, 7) is 6.23. The van der Waals surface area contributed by atoms with Crippen LogP contribution in [0.1, 0.15) is 38.7 Å². The van der Waals surface area contributed by atoms with Crippen LogP contribution in [0.4, 0.5) is 5.69 Å². The largest absolute Gasteiger partial charge is 0.398 e. The van der Waals surface area contributed by atoms with Crippen LogP contribution < -0.4 is 10.5 Å². The lowest BCUT2D eigenvalue weighted by atomic mass is 9.80. The van der Waals surface area contributed by atoms with Gasteiger partial charge in [0.25, 0.3) is 0 Å². The van der Waals surface area contributed by atoms with Crippen LogP contribution in [0.2, 0.25) is 0 Å². The number of hydrogen-bond donors (Lipinski definition) is 2. The lowest BCUT2D eigenvalue weighted by Gasteiger charge is -2.33. The van der Waals surface area contributed by atoms with Gasteiger partial charge in [-0.15, -0.1) is 0 Å². The van der Waals surface area contributed by atoms with Gasteiger partial charge in [0.15, 0.2) is 0 Å². The maximum Gasteiger partial charge on any atom is 0.242 e. The molecule has 112 valence electrons. The van der Waals surface area contributed by atoms with Gasteiger partial charge in [0.05, 0.1) is 5.69 Å². The molecule has 0 aromatic heterocycles. The summed E-state index contributed by atoms with van der Waals surface area (Å²) >= 11 is 0. The maximum atomic E-state index is 12.5. The van der Waals surface area contributed by atoms with Gasteiger partial charge >= 0.3 is 0 Å². The van der Waals surface area contributed by atoms with E-state index in [4.69, 9.17) is 5.73 Å². The lowest BCUT2D eigenvalue weighted by molar-refractivity contribution is 0.249. The molecule has 1 aromatic carbocycles. The summed E-state index contributed by atoms with van der Waals surface area (Å²) in [5.41, 5.74) is 7.12. The number of nitrogens with one attached hydrogen (secondary N) is 1. The molecule has 1 aliphatic carbocycles. The molecule has 1 saturated carbocycles. The maximum absolute atomic E-state index is 12.5. The zero-order chi connectivity index (χ0) is 14.9. The van der Waals surface area contributed by atoms with Crippen molar-refractivity contribution in [1.29, 1.82) is 0 Å². The van der Waals surface area contributed by atoms with Crippen molar-refractivity contribution in [3.05, 3.63) is 23.8 Å². The molecule has 0 bridgehead atoms. The first kappa shape index (κ1) is 15.3. The summed E-state index contributed by atoms with van der Waals surface area (Å²) in [4.78, 5) is 0.189. The molecule has 3 N–H and O–H groups in total. The van der Waals surface area contributed by atoms with Crippen molar-refractivity contribution in [3.8, 4) is 0 Å². The van der Waals surface area contributed by atoms with Gasteiger partial charge in [0, 0.05) is 6.04 Å². The van der Waals surface area contributed by atoms with Crippen LogP contribution in [-0.4, -0.2) is 14.5 Å². The first-order valence-electron chi connectivity index (χ1n) is 7.18. The second-order valence-electron chi connectivity index (χ2n) is 6.16. The quantitative estimate of drug-likeness (QED) is 0.842. The van der Waals surface area contributed by atoms with Crippen LogP contribution in [0.15, 0.2) is 23.1 Å². The van der Waals surface area contributed by atoms with Gasteiger partial charge in [0.2, 0.25) is 10.0 Å². The van der Waals surface area contributed by atoms with Gasteiger partial charge in [0.1, 0.15) is 4.90 Å². The fourth-order valence-electron chi connectivity index (χ4n) is 3.02. The van der Waals surface area contributed by atoms with Crippen molar-refractivity contribution < 1.29 is 8.42 Å². The highest BCUT2D eigenvalue weighted by molar-refractivity contribution is 7.89. The summed E-state index contributed by atoms with van der Waals surface area (Å²) in [5, 5.41) is 0. The fraction of sp³-hybridized carbons (Fsp3) is 0.600. The van der Waals surface area contributed by atoms with Gasteiger partial charge in [-0.3, -0.25) is 0 Å². The average Bonchev–Trinajstić information content (AvgIpc) is 2.32.